The molecule has 0 spiro atoms. The molecule has 2 aromatic rings. The quantitative estimate of drug-likeness (QED) is 0.780. The number of hydrogen-bond acceptors (Lipinski definition) is 5. The Hall–Kier alpha value is -1.68. The van der Waals surface area contributed by atoms with Gasteiger partial charge in [0, 0.05) is 28.9 Å². The third-order valence-corrected chi connectivity index (χ3v) is 7.57. The minimum Gasteiger partial charge on any atom is -0.336 e. The van der Waals surface area contributed by atoms with Gasteiger partial charge in [0.15, 0.2) is 5.13 Å². The van der Waals surface area contributed by atoms with Gasteiger partial charge in [-0.1, -0.05) is 29.0 Å². The van der Waals surface area contributed by atoms with Gasteiger partial charge in [0.1, 0.15) is 0 Å². The first-order valence-electron chi connectivity index (χ1n) is 8.50. The molecule has 0 unspecified atom stereocenters. The highest BCUT2D eigenvalue weighted by Crippen LogP contribution is 2.32. The van der Waals surface area contributed by atoms with E-state index in [1.54, 1.807) is 25.1 Å². The molecule has 3 rings (SSSR count). The van der Waals surface area contributed by atoms with Crippen molar-refractivity contribution in [1.29, 1.82) is 0 Å². The number of nitrogens with zero attached hydrogens (tertiary/aromatic N) is 2. The summed E-state index contributed by atoms with van der Waals surface area (Å²) in [7, 11) is -3.66. The van der Waals surface area contributed by atoms with Crippen molar-refractivity contribution < 1.29 is 13.2 Å². The fraction of sp³-hybridized carbons (Fsp3) is 0.412. The Kier molecular flexibility index (Phi) is 5.76. The summed E-state index contributed by atoms with van der Waals surface area (Å²) in [6.07, 6.45) is 0.498. The van der Waals surface area contributed by atoms with Crippen molar-refractivity contribution in [3.63, 3.8) is 0 Å². The average molecular weight is 429 g/mol. The molecule has 0 aliphatic carbocycles. The van der Waals surface area contributed by atoms with Gasteiger partial charge < -0.3 is 5.32 Å². The van der Waals surface area contributed by atoms with Crippen molar-refractivity contribution in [2.45, 2.75) is 44.7 Å². The Balaban J connectivity index is 1.80. The van der Waals surface area contributed by atoms with Crippen LogP contribution in [0.5, 0.6) is 0 Å². The number of sulfonamides is 1. The number of halogens is 1. The maximum Gasteiger partial charge on any atom is 0.321 e. The molecule has 1 aromatic heterocycles. The smallest absolute Gasteiger partial charge is 0.321 e. The second-order valence-corrected chi connectivity index (χ2v) is 9.99. The molecular weight excluding hydrogens is 408 g/mol. The number of carbonyl (C=O) groups is 1. The lowest BCUT2D eigenvalue weighted by molar-refractivity contribution is 0.250. The second-order valence-electron chi connectivity index (χ2n) is 6.59. The Bertz CT molecular complexity index is 973. The minimum absolute atomic E-state index is 0.0150. The van der Waals surface area contributed by atoms with E-state index in [2.05, 4.69) is 15.6 Å². The number of fused-ring (bicyclic) bond motifs is 1. The lowest BCUT2D eigenvalue weighted by atomic mass is 10.2. The topological polar surface area (TPSA) is 91.4 Å². The molecule has 2 amide bonds. The summed E-state index contributed by atoms with van der Waals surface area (Å²) in [6, 6.07) is 4.58. The maximum absolute atomic E-state index is 13.0. The minimum atomic E-state index is -3.66. The SMILES string of the molecule is Cc1c(Cl)cccc1S(=O)(=O)N1CCc2nc(NC(=O)NC(C)C)sc2C1. The summed E-state index contributed by atoms with van der Waals surface area (Å²) >= 11 is 7.39. The van der Waals surface area contributed by atoms with Crippen molar-refractivity contribution in [2.24, 2.45) is 0 Å². The van der Waals surface area contributed by atoms with Crippen LogP contribution in [0.1, 0.15) is 30.0 Å². The summed E-state index contributed by atoms with van der Waals surface area (Å²) in [5, 5.41) is 6.33. The molecule has 1 aliphatic rings. The molecule has 27 heavy (non-hydrogen) atoms. The highest BCUT2D eigenvalue weighted by Gasteiger charge is 2.31. The van der Waals surface area contributed by atoms with Crippen LogP contribution in [-0.2, 0) is 23.0 Å². The molecule has 0 saturated heterocycles. The standard InChI is InChI=1S/C17H21ClN4O3S2/c1-10(2)19-16(23)21-17-20-13-7-8-22(9-14(13)26-17)27(24,25)15-6-4-5-12(18)11(15)3/h4-6,10H,7-9H2,1-3H3,(H2,19,20,21,23). The van der Waals surface area contributed by atoms with E-state index in [0.717, 1.165) is 10.6 Å². The van der Waals surface area contributed by atoms with E-state index in [9.17, 15) is 13.2 Å². The molecule has 7 nitrogen and oxygen atoms in total. The molecule has 0 saturated carbocycles. The van der Waals surface area contributed by atoms with E-state index in [1.807, 2.05) is 13.8 Å². The van der Waals surface area contributed by atoms with E-state index >= 15 is 0 Å². The molecule has 0 fully saturated rings. The lowest BCUT2D eigenvalue weighted by Crippen LogP contribution is -2.35. The van der Waals surface area contributed by atoms with Crippen molar-refractivity contribution in [3.05, 3.63) is 39.4 Å². The summed E-state index contributed by atoms with van der Waals surface area (Å²) in [4.78, 5) is 17.3. The Morgan fingerprint density at radius 2 is 2.11 bits per heavy atom. The number of rotatable bonds is 4. The van der Waals surface area contributed by atoms with E-state index < -0.39 is 10.0 Å². The van der Waals surface area contributed by atoms with E-state index in [4.69, 9.17) is 11.6 Å². The molecule has 0 atom stereocenters. The third-order valence-electron chi connectivity index (χ3n) is 4.17. The lowest BCUT2D eigenvalue weighted by Gasteiger charge is -2.26. The third kappa shape index (κ3) is 4.26. The number of benzene rings is 1. The number of anilines is 1. The van der Waals surface area contributed by atoms with Crippen molar-refractivity contribution >= 4 is 44.1 Å². The number of hydrogen-bond donors (Lipinski definition) is 2. The summed E-state index contributed by atoms with van der Waals surface area (Å²) in [5.41, 5.74) is 1.37. The van der Waals surface area contributed by atoms with Crippen LogP contribution >= 0.6 is 22.9 Å². The number of nitrogens with one attached hydrogen (secondary N) is 2. The number of amides is 2. The zero-order chi connectivity index (χ0) is 19.8. The van der Waals surface area contributed by atoms with Crippen LogP contribution < -0.4 is 10.6 Å². The number of aromatic nitrogens is 1. The zero-order valence-electron chi connectivity index (χ0n) is 15.2. The van der Waals surface area contributed by atoms with Crippen LogP contribution in [0.4, 0.5) is 9.93 Å². The first-order valence-corrected chi connectivity index (χ1v) is 11.1. The normalized spacial score (nSPS) is 14.9. The van der Waals surface area contributed by atoms with Gasteiger partial charge in [-0.05, 0) is 38.5 Å². The van der Waals surface area contributed by atoms with E-state index in [0.29, 0.717) is 28.7 Å². The molecule has 0 bridgehead atoms. The molecule has 1 aromatic carbocycles. The van der Waals surface area contributed by atoms with Crippen LogP contribution in [0.25, 0.3) is 0 Å². The largest absolute Gasteiger partial charge is 0.336 e. The van der Waals surface area contributed by atoms with E-state index in [-0.39, 0.29) is 23.5 Å². The molecule has 10 heteroatoms. The van der Waals surface area contributed by atoms with Gasteiger partial charge in [-0.15, -0.1) is 0 Å². The van der Waals surface area contributed by atoms with Gasteiger partial charge in [-0.2, -0.15) is 4.31 Å². The summed E-state index contributed by atoms with van der Waals surface area (Å²) < 4.78 is 27.5. The molecule has 2 N–H and O–H groups in total. The van der Waals surface area contributed by atoms with Crippen molar-refractivity contribution in [1.82, 2.24) is 14.6 Å². The van der Waals surface area contributed by atoms with Crippen LogP contribution in [0.3, 0.4) is 0 Å². The van der Waals surface area contributed by atoms with Crippen LogP contribution in [-0.4, -0.2) is 36.3 Å². The van der Waals surface area contributed by atoms with Crippen LogP contribution in [0.2, 0.25) is 5.02 Å². The molecule has 146 valence electrons. The molecule has 2 heterocycles. The van der Waals surface area contributed by atoms with Crippen LogP contribution in [0.15, 0.2) is 23.1 Å². The van der Waals surface area contributed by atoms with Gasteiger partial charge >= 0.3 is 6.03 Å². The first-order chi connectivity index (χ1) is 12.7. The van der Waals surface area contributed by atoms with Crippen molar-refractivity contribution in [3.8, 4) is 0 Å². The monoisotopic (exact) mass is 428 g/mol. The van der Waals surface area contributed by atoms with Gasteiger partial charge in [-0.25, -0.2) is 18.2 Å². The molecule has 0 radical (unpaired) electrons. The Morgan fingerprint density at radius 1 is 1.37 bits per heavy atom. The van der Waals surface area contributed by atoms with Crippen LogP contribution in [0, 0.1) is 6.92 Å². The van der Waals surface area contributed by atoms with Crippen molar-refractivity contribution in [2.75, 3.05) is 11.9 Å². The zero-order valence-corrected chi connectivity index (χ0v) is 17.6. The predicted octanol–water partition coefficient (Wildman–Crippen LogP) is 3.38. The number of urea groups is 1. The summed E-state index contributed by atoms with van der Waals surface area (Å²) in [5.74, 6) is 0. The fourth-order valence-electron chi connectivity index (χ4n) is 2.83. The van der Waals surface area contributed by atoms with Gasteiger partial charge in [-0.3, -0.25) is 5.32 Å². The highest BCUT2D eigenvalue weighted by molar-refractivity contribution is 7.89. The summed E-state index contributed by atoms with van der Waals surface area (Å²) in [6.45, 7) is 6.00. The molecule has 1 aliphatic heterocycles. The van der Waals surface area contributed by atoms with Gasteiger partial charge in [0.25, 0.3) is 0 Å². The van der Waals surface area contributed by atoms with E-state index in [1.165, 1.54) is 15.6 Å². The second kappa shape index (κ2) is 7.75. The first kappa shape index (κ1) is 20.1. The molecular formula is C17H21ClN4O3S2. The predicted molar refractivity (Wildman–Crippen MR) is 107 cm³/mol. The van der Waals surface area contributed by atoms with Gasteiger partial charge in [0.2, 0.25) is 10.0 Å². The number of thiazole rings is 1. The fourth-order valence-corrected chi connectivity index (χ4v) is 5.82. The highest BCUT2D eigenvalue weighted by atomic mass is 35.5. The Labute approximate surface area is 167 Å². The van der Waals surface area contributed by atoms with Gasteiger partial charge in [0.05, 0.1) is 17.1 Å². The average Bonchev–Trinajstić information content (AvgIpc) is 2.97. The Morgan fingerprint density at radius 3 is 2.81 bits per heavy atom. The number of carbonyl (C=O) groups excluding carboxylic acids is 1. The maximum atomic E-state index is 13.0.